The zero-order valence-electron chi connectivity index (χ0n) is 9.57. The number of ether oxygens (including phenoxy) is 2. The molecule has 0 amide bonds. The van der Waals surface area contributed by atoms with E-state index in [1.54, 1.807) is 13.8 Å². The Kier molecular flexibility index (Phi) is 4.81. The zero-order valence-corrected chi connectivity index (χ0v) is 9.57. The molecule has 0 aliphatic rings. The van der Waals surface area contributed by atoms with Crippen molar-refractivity contribution in [2.45, 2.75) is 20.3 Å². The number of aryl methyl sites for hydroxylation is 1. The number of carbonyl (C=O) groups is 1. The highest BCUT2D eigenvalue weighted by atomic mass is 19.3. The van der Waals surface area contributed by atoms with E-state index in [2.05, 4.69) is 4.98 Å². The van der Waals surface area contributed by atoms with Crippen LogP contribution in [-0.4, -0.2) is 30.6 Å². The summed E-state index contributed by atoms with van der Waals surface area (Å²) in [6, 6.07) is 2.81. The molecule has 0 spiro atoms. The normalized spacial score (nSPS) is 10.4. The van der Waals surface area contributed by atoms with Gasteiger partial charge in [0.25, 0.3) is 6.43 Å². The van der Waals surface area contributed by atoms with Gasteiger partial charge < -0.3 is 9.47 Å². The van der Waals surface area contributed by atoms with Crippen molar-refractivity contribution in [1.29, 1.82) is 0 Å². The van der Waals surface area contributed by atoms with E-state index in [0.29, 0.717) is 11.3 Å². The lowest BCUT2D eigenvalue weighted by Gasteiger charge is -2.08. The summed E-state index contributed by atoms with van der Waals surface area (Å²) in [5.74, 6) is -0.422. The standard InChI is InChI=1S/C11H13F2NO3/c1-3-16-11(15)8-4-5-10(14-7(8)2)17-6-9(12)13/h4-5,9H,3,6H2,1-2H3. The molecule has 0 atom stereocenters. The summed E-state index contributed by atoms with van der Waals surface area (Å²) in [6.45, 7) is 2.83. The van der Waals surface area contributed by atoms with Crippen LogP contribution in [0.2, 0.25) is 0 Å². The van der Waals surface area contributed by atoms with Gasteiger partial charge in [-0.15, -0.1) is 0 Å². The molecule has 1 rings (SSSR count). The van der Waals surface area contributed by atoms with E-state index >= 15 is 0 Å². The van der Waals surface area contributed by atoms with Crippen molar-refractivity contribution < 1.29 is 23.0 Å². The number of pyridine rings is 1. The second kappa shape index (κ2) is 6.12. The van der Waals surface area contributed by atoms with Crippen LogP contribution in [0, 0.1) is 6.92 Å². The largest absolute Gasteiger partial charge is 0.472 e. The molecular formula is C11H13F2NO3. The third-order valence-electron chi connectivity index (χ3n) is 1.91. The molecule has 0 fully saturated rings. The second-order valence-corrected chi connectivity index (χ2v) is 3.21. The molecule has 1 heterocycles. The van der Waals surface area contributed by atoms with Gasteiger partial charge in [0.1, 0.15) is 0 Å². The van der Waals surface area contributed by atoms with Gasteiger partial charge in [0.15, 0.2) is 6.61 Å². The molecule has 0 N–H and O–H groups in total. The molecule has 6 heteroatoms. The maximum atomic E-state index is 11.9. The van der Waals surface area contributed by atoms with Gasteiger partial charge in [-0.1, -0.05) is 0 Å². The summed E-state index contributed by atoms with van der Waals surface area (Å²) in [4.78, 5) is 15.3. The number of rotatable bonds is 5. The van der Waals surface area contributed by atoms with Crippen LogP contribution in [0.3, 0.4) is 0 Å². The molecule has 94 valence electrons. The maximum absolute atomic E-state index is 11.9. The van der Waals surface area contributed by atoms with E-state index in [1.165, 1.54) is 12.1 Å². The van der Waals surface area contributed by atoms with Crippen molar-refractivity contribution in [3.05, 3.63) is 23.4 Å². The molecule has 0 radical (unpaired) electrons. The first-order chi connectivity index (χ1) is 8.04. The summed E-state index contributed by atoms with van der Waals surface area (Å²) in [5, 5.41) is 0. The highest BCUT2D eigenvalue weighted by Gasteiger charge is 2.12. The van der Waals surface area contributed by atoms with Crippen molar-refractivity contribution in [1.82, 2.24) is 4.98 Å². The number of hydrogen-bond donors (Lipinski definition) is 0. The third-order valence-corrected chi connectivity index (χ3v) is 1.91. The van der Waals surface area contributed by atoms with E-state index in [1.807, 2.05) is 0 Å². The number of alkyl halides is 2. The molecule has 0 aliphatic carbocycles. The Bertz CT molecular complexity index is 396. The van der Waals surface area contributed by atoms with Gasteiger partial charge in [-0.2, -0.15) is 0 Å². The van der Waals surface area contributed by atoms with Gasteiger partial charge in [0, 0.05) is 6.07 Å². The van der Waals surface area contributed by atoms with Gasteiger partial charge in [0.2, 0.25) is 5.88 Å². The Morgan fingerprint density at radius 2 is 2.18 bits per heavy atom. The lowest BCUT2D eigenvalue weighted by Crippen LogP contribution is -2.11. The molecule has 1 aromatic heterocycles. The number of esters is 1. The van der Waals surface area contributed by atoms with Gasteiger partial charge in [0.05, 0.1) is 17.9 Å². The molecule has 0 saturated heterocycles. The smallest absolute Gasteiger partial charge is 0.339 e. The summed E-state index contributed by atoms with van der Waals surface area (Å²) in [7, 11) is 0. The number of carbonyl (C=O) groups excluding carboxylic acids is 1. The Labute approximate surface area is 97.6 Å². The highest BCUT2D eigenvalue weighted by molar-refractivity contribution is 5.90. The van der Waals surface area contributed by atoms with Crippen LogP contribution in [0.25, 0.3) is 0 Å². The number of halogens is 2. The van der Waals surface area contributed by atoms with E-state index in [4.69, 9.17) is 9.47 Å². The van der Waals surface area contributed by atoms with E-state index in [-0.39, 0.29) is 12.5 Å². The summed E-state index contributed by atoms with van der Waals surface area (Å²) < 4.78 is 33.3. The summed E-state index contributed by atoms with van der Waals surface area (Å²) in [6.07, 6.45) is -2.55. The quantitative estimate of drug-likeness (QED) is 0.746. The fraction of sp³-hybridized carbons (Fsp3) is 0.455. The van der Waals surface area contributed by atoms with Crippen LogP contribution in [0.5, 0.6) is 5.88 Å². The second-order valence-electron chi connectivity index (χ2n) is 3.21. The average Bonchev–Trinajstić information content (AvgIpc) is 2.26. The van der Waals surface area contributed by atoms with Crippen LogP contribution in [-0.2, 0) is 4.74 Å². The molecular weight excluding hydrogens is 232 g/mol. The maximum Gasteiger partial charge on any atom is 0.339 e. The predicted molar refractivity (Wildman–Crippen MR) is 56.4 cm³/mol. The van der Waals surface area contributed by atoms with E-state index in [9.17, 15) is 13.6 Å². The van der Waals surface area contributed by atoms with Crippen LogP contribution in [0.4, 0.5) is 8.78 Å². The molecule has 4 nitrogen and oxygen atoms in total. The predicted octanol–water partition coefficient (Wildman–Crippen LogP) is 2.21. The lowest BCUT2D eigenvalue weighted by molar-refractivity contribution is 0.0524. The van der Waals surface area contributed by atoms with Gasteiger partial charge in [-0.3, -0.25) is 0 Å². The first-order valence-electron chi connectivity index (χ1n) is 5.10. The van der Waals surface area contributed by atoms with Gasteiger partial charge in [-0.25, -0.2) is 18.6 Å². The minimum absolute atomic E-state index is 0.0656. The topological polar surface area (TPSA) is 48.4 Å². The monoisotopic (exact) mass is 245 g/mol. The average molecular weight is 245 g/mol. The minimum Gasteiger partial charge on any atom is -0.472 e. The lowest BCUT2D eigenvalue weighted by atomic mass is 10.2. The molecule has 0 unspecified atom stereocenters. The summed E-state index contributed by atoms with van der Waals surface area (Å²) >= 11 is 0. The van der Waals surface area contributed by atoms with E-state index in [0.717, 1.165) is 0 Å². The van der Waals surface area contributed by atoms with Crippen LogP contribution in [0.15, 0.2) is 12.1 Å². The van der Waals surface area contributed by atoms with Crippen molar-refractivity contribution in [2.24, 2.45) is 0 Å². The Morgan fingerprint density at radius 3 is 2.71 bits per heavy atom. The number of hydrogen-bond acceptors (Lipinski definition) is 4. The fourth-order valence-corrected chi connectivity index (χ4v) is 1.19. The fourth-order valence-electron chi connectivity index (χ4n) is 1.19. The minimum atomic E-state index is -2.55. The SMILES string of the molecule is CCOC(=O)c1ccc(OCC(F)F)nc1C. The van der Waals surface area contributed by atoms with Gasteiger partial charge >= 0.3 is 5.97 Å². The van der Waals surface area contributed by atoms with Crippen LogP contribution in [0.1, 0.15) is 23.0 Å². The molecule has 0 saturated carbocycles. The molecule has 0 aromatic carbocycles. The van der Waals surface area contributed by atoms with Crippen LogP contribution >= 0.6 is 0 Å². The molecule has 17 heavy (non-hydrogen) atoms. The summed E-state index contributed by atoms with van der Waals surface area (Å²) in [5.41, 5.74) is 0.687. The Morgan fingerprint density at radius 1 is 1.47 bits per heavy atom. The van der Waals surface area contributed by atoms with Crippen molar-refractivity contribution in [3.63, 3.8) is 0 Å². The van der Waals surface area contributed by atoms with Crippen molar-refractivity contribution >= 4 is 5.97 Å². The first kappa shape index (κ1) is 13.3. The highest BCUT2D eigenvalue weighted by Crippen LogP contribution is 2.14. The van der Waals surface area contributed by atoms with Crippen molar-refractivity contribution in [2.75, 3.05) is 13.2 Å². The molecule has 1 aromatic rings. The zero-order chi connectivity index (χ0) is 12.8. The molecule has 0 aliphatic heterocycles. The first-order valence-corrected chi connectivity index (χ1v) is 5.10. The van der Waals surface area contributed by atoms with Crippen molar-refractivity contribution in [3.8, 4) is 5.88 Å². The number of nitrogens with zero attached hydrogens (tertiary/aromatic N) is 1. The van der Waals surface area contributed by atoms with Crippen LogP contribution < -0.4 is 4.74 Å². The Hall–Kier alpha value is -1.72. The van der Waals surface area contributed by atoms with Gasteiger partial charge in [-0.05, 0) is 19.9 Å². The molecule has 0 bridgehead atoms. The third kappa shape index (κ3) is 3.97. The number of aromatic nitrogens is 1. The Balaban J connectivity index is 2.75. The van der Waals surface area contributed by atoms with E-state index < -0.39 is 19.0 Å².